The van der Waals surface area contributed by atoms with Gasteiger partial charge in [0.2, 0.25) is 5.91 Å². The minimum atomic E-state index is -0.682. The standard InChI is InChI=1S/C22H35N3O4/c1-3-4-10-24(2)19(17-26)15-22(28)23-21(25-11-13-29-14-12-25)16-20(27)18-8-6-5-7-9-18/h5-9,17,19-21,27H,3-4,10-16H2,1-2H3,(H,23,28). The lowest BCUT2D eigenvalue weighted by Gasteiger charge is -2.36. The lowest BCUT2D eigenvalue weighted by molar-refractivity contribution is -0.127. The second-order valence-electron chi connectivity index (χ2n) is 7.64. The van der Waals surface area contributed by atoms with Crippen LogP contribution in [0, 0.1) is 0 Å². The van der Waals surface area contributed by atoms with Crippen molar-refractivity contribution in [1.29, 1.82) is 0 Å². The molecule has 0 spiro atoms. The molecule has 1 saturated heterocycles. The van der Waals surface area contributed by atoms with E-state index < -0.39 is 12.1 Å². The summed E-state index contributed by atoms with van der Waals surface area (Å²) >= 11 is 0. The Balaban J connectivity index is 2.00. The van der Waals surface area contributed by atoms with Crippen LogP contribution in [-0.4, -0.2) is 79.2 Å². The van der Waals surface area contributed by atoms with Crippen molar-refractivity contribution in [1.82, 2.24) is 15.1 Å². The molecule has 1 aliphatic heterocycles. The number of aliphatic hydroxyl groups is 1. The Morgan fingerprint density at radius 3 is 2.62 bits per heavy atom. The Hall–Kier alpha value is -1.80. The van der Waals surface area contributed by atoms with Crippen LogP contribution in [0.1, 0.15) is 44.3 Å². The number of ether oxygens (including phenoxy) is 1. The van der Waals surface area contributed by atoms with Gasteiger partial charge in [0, 0.05) is 25.9 Å². The highest BCUT2D eigenvalue weighted by Gasteiger charge is 2.27. The molecule has 162 valence electrons. The van der Waals surface area contributed by atoms with Crippen LogP contribution in [0.15, 0.2) is 30.3 Å². The molecular weight excluding hydrogens is 370 g/mol. The average Bonchev–Trinajstić information content (AvgIpc) is 2.76. The topological polar surface area (TPSA) is 82.1 Å². The van der Waals surface area contributed by atoms with Crippen molar-refractivity contribution in [2.75, 3.05) is 39.9 Å². The molecule has 3 unspecified atom stereocenters. The number of rotatable bonds is 12. The van der Waals surface area contributed by atoms with E-state index in [2.05, 4.69) is 17.1 Å². The third kappa shape index (κ3) is 7.85. The van der Waals surface area contributed by atoms with E-state index in [1.165, 1.54) is 0 Å². The van der Waals surface area contributed by atoms with Gasteiger partial charge in [0.25, 0.3) is 0 Å². The molecule has 1 aromatic carbocycles. The maximum absolute atomic E-state index is 12.7. The van der Waals surface area contributed by atoms with Gasteiger partial charge < -0.3 is 20.0 Å². The lowest BCUT2D eigenvalue weighted by Crippen LogP contribution is -2.53. The summed E-state index contributed by atoms with van der Waals surface area (Å²) in [7, 11) is 1.88. The largest absolute Gasteiger partial charge is 0.388 e. The molecule has 1 aromatic rings. The van der Waals surface area contributed by atoms with Crippen LogP contribution >= 0.6 is 0 Å². The molecule has 7 nitrogen and oxygen atoms in total. The number of aliphatic hydroxyl groups excluding tert-OH is 1. The number of aldehydes is 1. The van der Waals surface area contributed by atoms with E-state index >= 15 is 0 Å². The SMILES string of the molecule is CCCCN(C)C(C=O)CC(=O)NC(CC(O)c1ccccc1)N1CCOCC1. The molecule has 1 amide bonds. The maximum atomic E-state index is 12.7. The molecule has 0 bridgehead atoms. The van der Waals surface area contributed by atoms with E-state index in [-0.39, 0.29) is 18.5 Å². The molecule has 7 heteroatoms. The smallest absolute Gasteiger partial charge is 0.223 e. The van der Waals surface area contributed by atoms with E-state index in [4.69, 9.17) is 4.74 Å². The highest BCUT2D eigenvalue weighted by atomic mass is 16.5. The molecule has 3 atom stereocenters. The Kier molecular flexibility index (Phi) is 10.3. The lowest BCUT2D eigenvalue weighted by atomic mass is 10.0. The molecule has 2 rings (SSSR count). The van der Waals surface area contributed by atoms with Crippen molar-refractivity contribution in [3.8, 4) is 0 Å². The number of hydrogen-bond acceptors (Lipinski definition) is 6. The minimum Gasteiger partial charge on any atom is -0.388 e. The summed E-state index contributed by atoms with van der Waals surface area (Å²) in [5.74, 6) is -0.179. The van der Waals surface area contributed by atoms with Gasteiger partial charge in [-0.15, -0.1) is 0 Å². The monoisotopic (exact) mass is 405 g/mol. The molecule has 1 aliphatic rings. The van der Waals surface area contributed by atoms with E-state index in [9.17, 15) is 14.7 Å². The predicted octanol–water partition coefficient (Wildman–Crippen LogP) is 1.57. The first-order chi connectivity index (χ1) is 14.0. The number of morpholine rings is 1. The Morgan fingerprint density at radius 1 is 1.31 bits per heavy atom. The zero-order valence-corrected chi connectivity index (χ0v) is 17.6. The number of unbranched alkanes of at least 4 members (excludes halogenated alkanes) is 1. The summed E-state index contributed by atoms with van der Waals surface area (Å²) in [5, 5.41) is 13.7. The Labute approximate surface area is 174 Å². The predicted molar refractivity (Wildman–Crippen MR) is 112 cm³/mol. The first-order valence-electron chi connectivity index (χ1n) is 10.5. The van der Waals surface area contributed by atoms with Crippen LogP contribution in [-0.2, 0) is 14.3 Å². The number of nitrogens with one attached hydrogen (secondary N) is 1. The van der Waals surface area contributed by atoms with Gasteiger partial charge in [0.05, 0.1) is 31.5 Å². The van der Waals surface area contributed by atoms with E-state index in [0.29, 0.717) is 32.7 Å². The Morgan fingerprint density at radius 2 is 2.00 bits per heavy atom. The van der Waals surface area contributed by atoms with Gasteiger partial charge in [-0.3, -0.25) is 14.6 Å². The molecule has 1 fully saturated rings. The van der Waals surface area contributed by atoms with Crippen molar-refractivity contribution in [3.05, 3.63) is 35.9 Å². The van der Waals surface area contributed by atoms with Gasteiger partial charge in [-0.05, 0) is 25.6 Å². The highest BCUT2D eigenvalue weighted by Crippen LogP contribution is 2.20. The van der Waals surface area contributed by atoms with Crippen LogP contribution in [0.2, 0.25) is 0 Å². The summed E-state index contributed by atoms with van der Waals surface area (Å²) in [4.78, 5) is 28.3. The third-order valence-electron chi connectivity index (χ3n) is 5.43. The van der Waals surface area contributed by atoms with Crippen molar-refractivity contribution in [3.63, 3.8) is 0 Å². The number of carbonyl (C=O) groups is 2. The second kappa shape index (κ2) is 12.7. The van der Waals surface area contributed by atoms with Gasteiger partial charge in [0.1, 0.15) is 6.29 Å². The summed E-state index contributed by atoms with van der Waals surface area (Å²) < 4.78 is 5.43. The quantitative estimate of drug-likeness (QED) is 0.514. The van der Waals surface area contributed by atoms with Gasteiger partial charge >= 0.3 is 0 Å². The molecule has 0 aromatic heterocycles. The fourth-order valence-electron chi connectivity index (χ4n) is 3.53. The van der Waals surface area contributed by atoms with Crippen LogP contribution in [0.25, 0.3) is 0 Å². The number of hydrogen-bond donors (Lipinski definition) is 2. The Bertz CT molecular complexity index is 607. The van der Waals surface area contributed by atoms with Crippen LogP contribution in [0.3, 0.4) is 0 Å². The number of likely N-dealkylation sites (N-methyl/N-ethyl adjacent to an activating group) is 1. The molecular formula is C22H35N3O4. The van der Waals surface area contributed by atoms with Crippen molar-refractivity contribution < 1.29 is 19.4 Å². The maximum Gasteiger partial charge on any atom is 0.223 e. The number of amides is 1. The van der Waals surface area contributed by atoms with Gasteiger partial charge in [-0.1, -0.05) is 43.7 Å². The molecule has 2 N–H and O–H groups in total. The highest BCUT2D eigenvalue weighted by molar-refractivity contribution is 5.80. The fraction of sp³-hybridized carbons (Fsp3) is 0.636. The van der Waals surface area contributed by atoms with Gasteiger partial charge in [0.15, 0.2) is 0 Å². The van der Waals surface area contributed by atoms with Crippen molar-refractivity contribution in [2.24, 2.45) is 0 Å². The zero-order chi connectivity index (χ0) is 21.1. The summed E-state index contributed by atoms with van der Waals surface area (Å²) in [5.41, 5.74) is 0.824. The second-order valence-corrected chi connectivity index (χ2v) is 7.64. The first kappa shape index (κ1) is 23.5. The summed E-state index contributed by atoms with van der Waals surface area (Å²) in [6, 6.07) is 9.02. The molecule has 0 saturated carbocycles. The van der Waals surface area contributed by atoms with Crippen molar-refractivity contribution in [2.45, 2.75) is 50.9 Å². The van der Waals surface area contributed by atoms with E-state index in [0.717, 1.165) is 31.2 Å². The first-order valence-corrected chi connectivity index (χ1v) is 10.5. The molecule has 1 heterocycles. The fourth-order valence-corrected chi connectivity index (χ4v) is 3.53. The van der Waals surface area contributed by atoms with Crippen LogP contribution in [0.5, 0.6) is 0 Å². The summed E-state index contributed by atoms with van der Waals surface area (Å²) in [6.07, 6.45) is 2.38. The van der Waals surface area contributed by atoms with Crippen LogP contribution < -0.4 is 5.32 Å². The van der Waals surface area contributed by atoms with E-state index in [1.807, 2.05) is 42.3 Å². The van der Waals surface area contributed by atoms with Crippen LogP contribution in [0.4, 0.5) is 0 Å². The van der Waals surface area contributed by atoms with Gasteiger partial charge in [-0.2, -0.15) is 0 Å². The number of carbonyl (C=O) groups excluding carboxylic acids is 2. The number of nitrogens with zero attached hydrogens (tertiary/aromatic N) is 2. The average molecular weight is 406 g/mol. The number of benzene rings is 1. The zero-order valence-electron chi connectivity index (χ0n) is 17.6. The minimum absolute atomic E-state index is 0.117. The summed E-state index contributed by atoms with van der Waals surface area (Å²) in [6.45, 7) is 5.48. The van der Waals surface area contributed by atoms with Crippen molar-refractivity contribution >= 4 is 12.2 Å². The molecule has 29 heavy (non-hydrogen) atoms. The normalized spacial score (nSPS) is 18.2. The third-order valence-corrected chi connectivity index (χ3v) is 5.43. The molecule has 0 aliphatic carbocycles. The van der Waals surface area contributed by atoms with E-state index in [1.54, 1.807) is 0 Å². The molecule has 0 radical (unpaired) electrons. The van der Waals surface area contributed by atoms with Gasteiger partial charge in [-0.25, -0.2) is 0 Å².